The predicted molar refractivity (Wildman–Crippen MR) is 133 cm³/mol. The van der Waals surface area contributed by atoms with Gasteiger partial charge in [0, 0.05) is 44.2 Å². The van der Waals surface area contributed by atoms with Crippen molar-refractivity contribution >= 4 is 41.7 Å². The van der Waals surface area contributed by atoms with Crippen LogP contribution >= 0.6 is 35.7 Å². The molecule has 0 radical (unpaired) electrons. The van der Waals surface area contributed by atoms with Crippen molar-refractivity contribution in [2.75, 3.05) is 57.4 Å². The minimum atomic E-state index is 0. The quantitative estimate of drug-likeness (QED) is 0.230. The van der Waals surface area contributed by atoms with Crippen LogP contribution in [0.15, 0.2) is 11.1 Å². The monoisotopic (exact) mass is 536 g/mol. The first-order valence-electron chi connectivity index (χ1n) is 10.6. The Balaban J connectivity index is 0.00000300. The Labute approximate surface area is 196 Å². The fraction of sp³-hybridized carbons (Fsp3) is 0.800. The molecule has 0 aliphatic carbocycles. The second-order valence-corrected chi connectivity index (χ2v) is 8.86. The van der Waals surface area contributed by atoms with E-state index in [9.17, 15) is 0 Å². The maximum absolute atomic E-state index is 5.56. The van der Waals surface area contributed by atoms with Crippen LogP contribution in [-0.2, 0) is 11.3 Å². The molecule has 0 spiro atoms. The van der Waals surface area contributed by atoms with Crippen LogP contribution in [0.5, 0.6) is 0 Å². The van der Waals surface area contributed by atoms with E-state index in [2.05, 4.69) is 57.0 Å². The molecule has 2 fully saturated rings. The lowest BCUT2D eigenvalue weighted by molar-refractivity contribution is -0.0104. The third-order valence-electron chi connectivity index (χ3n) is 5.58. The van der Waals surface area contributed by atoms with E-state index in [0.29, 0.717) is 0 Å². The van der Waals surface area contributed by atoms with E-state index in [0.717, 1.165) is 70.6 Å². The summed E-state index contributed by atoms with van der Waals surface area (Å²) in [6, 6.07) is 2.13. The van der Waals surface area contributed by atoms with Crippen molar-refractivity contribution < 1.29 is 4.74 Å². The summed E-state index contributed by atoms with van der Waals surface area (Å²) in [6.45, 7) is 13.6. The number of rotatable bonds is 8. The third-order valence-corrected chi connectivity index (χ3v) is 6.82. The van der Waals surface area contributed by atoms with Crippen molar-refractivity contribution in [3.63, 3.8) is 0 Å². The molecule has 1 atom stereocenters. The van der Waals surface area contributed by atoms with E-state index < -0.39 is 0 Å². The Kier molecular flexibility index (Phi) is 10.5. The van der Waals surface area contributed by atoms with Gasteiger partial charge in [-0.15, -0.1) is 24.0 Å². The zero-order valence-electron chi connectivity index (χ0n) is 18.1. The maximum Gasteiger partial charge on any atom is 0.191 e. The summed E-state index contributed by atoms with van der Waals surface area (Å²) in [7, 11) is 0. The zero-order chi connectivity index (χ0) is 19.8. The maximum atomic E-state index is 5.56. The van der Waals surface area contributed by atoms with Gasteiger partial charge in [-0.2, -0.15) is 16.9 Å². The number of ether oxygens (including phenoxy) is 1. The largest absolute Gasteiger partial charge is 0.379 e. The van der Waals surface area contributed by atoms with Crippen LogP contribution in [0.1, 0.15) is 31.2 Å². The molecule has 166 valence electrons. The smallest absolute Gasteiger partial charge is 0.191 e. The van der Waals surface area contributed by atoms with Crippen LogP contribution in [0.25, 0.3) is 0 Å². The molecule has 3 heterocycles. The van der Waals surface area contributed by atoms with Gasteiger partial charge in [0.2, 0.25) is 0 Å². The molecule has 3 rings (SSSR count). The van der Waals surface area contributed by atoms with E-state index in [1.807, 2.05) is 6.92 Å². The molecule has 1 unspecified atom stereocenters. The first kappa shape index (κ1) is 24.7. The van der Waals surface area contributed by atoms with E-state index in [1.165, 1.54) is 23.6 Å². The fourth-order valence-corrected chi connectivity index (χ4v) is 5.48. The summed E-state index contributed by atoms with van der Waals surface area (Å²) in [4.78, 5) is 7.60. The van der Waals surface area contributed by atoms with Crippen molar-refractivity contribution in [1.29, 1.82) is 0 Å². The molecule has 0 bridgehead atoms. The molecular formula is C20H37IN6OS. The number of guanidine groups is 1. The lowest BCUT2D eigenvalue weighted by Crippen LogP contribution is -2.56. The normalized spacial score (nSPS) is 23.1. The van der Waals surface area contributed by atoms with Gasteiger partial charge >= 0.3 is 0 Å². The van der Waals surface area contributed by atoms with Crippen molar-refractivity contribution in [1.82, 2.24) is 25.3 Å². The standard InChI is InChI=1S/C20H36N6OS.HI/c1-4-21-19(22-7-5-8-26-18(3)14-17(2)24-26)23-15-20(6-13-28-16-20)25-9-11-27-12-10-25;/h14H,4-13,15-16H2,1-3H3,(H2,21,22,23);1H. The topological polar surface area (TPSA) is 66.7 Å². The van der Waals surface area contributed by atoms with Crippen LogP contribution in [0.4, 0.5) is 0 Å². The van der Waals surface area contributed by atoms with E-state index in [1.54, 1.807) is 0 Å². The molecule has 1 aromatic heterocycles. The molecule has 9 heteroatoms. The predicted octanol–water partition coefficient (Wildman–Crippen LogP) is 2.27. The van der Waals surface area contributed by atoms with Crippen LogP contribution in [0.2, 0.25) is 0 Å². The molecule has 2 N–H and O–H groups in total. The molecule has 7 nitrogen and oxygen atoms in total. The van der Waals surface area contributed by atoms with Gasteiger partial charge in [0.25, 0.3) is 0 Å². The van der Waals surface area contributed by atoms with Crippen molar-refractivity contribution in [3.8, 4) is 0 Å². The highest BCUT2D eigenvalue weighted by molar-refractivity contribution is 14.0. The number of halogens is 1. The van der Waals surface area contributed by atoms with E-state index >= 15 is 0 Å². The number of nitrogens with one attached hydrogen (secondary N) is 2. The highest BCUT2D eigenvalue weighted by Crippen LogP contribution is 2.34. The van der Waals surface area contributed by atoms with Crippen molar-refractivity contribution in [2.45, 2.75) is 45.7 Å². The molecule has 2 aliphatic heterocycles. The number of aromatic nitrogens is 2. The minimum Gasteiger partial charge on any atom is -0.379 e. The van der Waals surface area contributed by atoms with Crippen LogP contribution in [0.3, 0.4) is 0 Å². The van der Waals surface area contributed by atoms with Crippen LogP contribution < -0.4 is 10.6 Å². The second-order valence-electron chi connectivity index (χ2n) is 7.75. The van der Waals surface area contributed by atoms with Crippen molar-refractivity contribution in [3.05, 3.63) is 17.5 Å². The zero-order valence-corrected chi connectivity index (χ0v) is 21.2. The summed E-state index contributed by atoms with van der Waals surface area (Å²) in [5, 5.41) is 11.5. The average Bonchev–Trinajstić information content (AvgIpc) is 3.31. The summed E-state index contributed by atoms with van der Waals surface area (Å²) in [6.07, 6.45) is 2.25. The lowest BCUT2D eigenvalue weighted by Gasteiger charge is -2.42. The Bertz CT molecular complexity index is 641. The van der Waals surface area contributed by atoms with Gasteiger partial charge < -0.3 is 15.4 Å². The van der Waals surface area contributed by atoms with Gasteiger partial charge in [-0.1, -0.05) is 0 Å². The molecular weight excluding hydrogens is 499 g/mol. The van der Waals surface area contributed by atoms with Gasteiger partial charge in [-0.05, 0) is 45.4 Å². The van der Waals surface area contributed by atoms with E-state index in [4.69, 9.17) is 9.73 Å². The molecule has 0 amide bonds. The highest BCUT2D eigenvalue weighted by atomic mass is 127. The molecule has 0 aromatic carbocycles. The summed E-state index contributed by atoms with van der Waals surface area (Å²) in [5.41, 5.74) is 2.51. The number of morpholine rings is 1. The third kappa shape index (κ3) is 7.00. The summed E-state index contributed by atoms with van der Waals surface area (Å²) < 4.78 is 7.65. The number of aryl methyl sites for hydroxylation is 3. The molecule has 2 aliphatic rings. The second kappa shape index (κ2) is 12.4. The van der Waals surface area contributed by atoms with Gasteiger partial charge in [-0.3, -0.25) is 14.6 Å². The summed E-state index contributed by atoms with van der Waals surface area (Å²) >= 11 is 2.06. The molecule has 1 aromatic rings. The number of hydrogen-bond acceptors (Lipinski definition) is 5. The SMILES string of the molecule is CCNC(=NCC1(N2CCOCC2)CCSC1)NCCCn1nc(C)cc1C.I. The first-order valence-corrected chi connectivity index (χ1v) is 11.7. The van der Waals surface area contributed by atoms with Crippen LogP contribution in [-0.4, -0.2) is 83.6 Å². The summed E-state index contributed by atoms with van der Waals surface area (Å²) in [5.74, 6) is 3.34. The number of thioether (sulfide) groups is 1. The number of nitrogens with zero attached hydrogens (tertiary/aromatic N) is 4. The number of hydrogen-bond donors (Lipinski definition) is 2. The molecule has 0 saturated carbocycles. The Morgan fingerprint density at radius 1 is 1.31 bits per heavy atom. The minimum absolute atomic E-state index is 0. The Hall–Kier alpha value is -0.520. The van der Waals surface area contributed by atoms with Gasteiger partial charge in [0.1, 0.15) is 0 Å². The fourth-order valence-electron chi connectivity index (χ4n) is 4.01. The Morgan fingerprint density at radius 2 is 2.10 bits per heavy atom. The van der Waals surface area contributed by atoms with Gasteiger partial charge in [0.05, 0.1) is 31.0 Å². The highest BCUT2D eigenvalue weighted by Gasteiger charge is 2.40. The Morgan fingerprint density at radius 3 is 2.72 bits per heavy atom. The van der Waals surface area contributed by atoms with Crippen molar-refractivity contribution in [2.24, 2.45) is 4.99 Å². The van der Waals surface area contributed by atoms with Gasteiger partial charge in [0.15, 0.2) is 5.96 Å². The van der Waals surface area contributed by atoms with E-state index in [-0.39, 0.29) is 29.5 Å². The van der Waals surface area contributed by atoms with Gasteiger partial charge in [-0.25, -0.2) is 0 Å². The molecule has 29 heavy (non-hydrogen) atoms. The number of aliphatic imine (C=N–C) groups is 1. The molecule has 2 saturated heterocycles. The first-order chi connectivity index (χ1) is 13.6. The van der Waals surface area contributed by atoms with Crippen LogP contribution in [0, 0.1) is 13.8 Å². The average molecular weight is 537 g/mol. The lowest BCUT2D eigenvalue weighted by atomic mass is 9.96.